The number of hydrogen-bond acceptors (Lipinski definition) is 5. The normalized spacial score (nSPS) is 22.1. The first-order valence-electron chi connectivity index (χ1n) is 11.2. The van der Waals surface area contributed by atoms with Gasteiger partial charge in [-0.2, -0.15) is 0 Å². The molecule has 166 valence electrons. The fourth-order valence-corrected chi connectivity index (χ4v) is 4.53. The minimum atomic E-state index is -0.0395. The Morgan fingerprint density at radius 3 is 2.90 bits per heavy atom. The summed E-state index contributed by atoms with van der Waals surface area (Å²) in [5.41, 5.74) is 2.91. The van der Waals surface area contributed by atoms with Crippen LogP contribution in [-0.2, 0) is 9.53 Å². The van der Waals surface area contributed by atoms with Crippen molar-refractivity contribution in [2.75, 3.05) is 43.5 Å². The summed E-state index contributed by atoms with van der Waals surface area (Å²) < 4.78 is 5.44. The van der Waals surface area contributed by atoms with Gasteiger partial charge in [-0.15, -0.1) is 0 Å². The van der Waals surface area contributed by atoms with Crippen molar-refractivity contribution < 1.29 is 9.53 Å². The average Bonchev–Trinajstić information content (AvgIpc) is 2.80. The predicted octanol–water partition coefficient (Wildman–Crippen LogP) is 4.42. The van der Waals surface area contributed by atoms with Crippen molar-refractivity contribution in [3.8, 4) is 11.1 Å². The predicted molar refractivity (Wildman–Crippen MR) is 125 cm³/mol. The number of carbonyl (C=O) groups is 1. The van der Waals surface area contributed by atoms with Gasteiger partial charge in [0.15, 0.2) is 0 Å². The number of amides is 1. The van der Waals surface area contributed by atoms with Crippen LogP contribution in [0.25, 0.3) is 11.1 Å². The molecule has 2 atom stereocenters. The Kier molecular flexibility index (Phi) is 7.43. The standard InChI is InChI=1S/C24H31ClN4O2/c1-16-9-19(14-26-12-16)24(30)29-23-11-21(22(25)15-28-23)18-3-2-4-20(10-18)27-13-17-5-7-31-8-6-17/h2-4,10-11,15-17,19,26-27H,5-9,12-14H2,1H3,(H,28,29,30)/t16-,19-/m1/s1. The van der Waals surface area contributed by atoms with Gasteiger partial charge in [-0.25, -0.2) is 4.98 Å². The lowest BCUT2D eigenvalue weighted by Crippen LogP contribution is -2.41. The van der Waals surface area contributed by atoms with Gasteiger partial charge in [0.05, 0.1) is 10.9 Å². The Morgan fingerprint density at radius 1 is 1.26 bits per heavy atom. The number of nitrogens with one attached hydrogen (secondary N) is 3. The van der Waals surface area contributed by atoms with Gasteiger partial charge in [-0.3, -0.25) is 4.79 Å². The minimum absolute atomic E-state index is 0.00620. The minimum Gasteiger partial charge on any atom is -0.385 e. The lowest BCUT2D eigenvalue weighted by molar-refractivity contribution is -0.120. The second-order valence-electron chi connectivity index (χ2n) is 8.75. The zero-order chi connectivity index (χ0) is 21.6. The third-order valence-corrected chi connectivity index (χ3v) is 6.46. The second kappa shape index (κ2) is 10.4. The monoisotopic (exact) mass is 442 g/mol. The summed E-state index contributed by atoms with van der Waals surface area (Å²) >= 11 is 6.47. The summed E-state index contributed by atoms with van der Waals surface area (Å²) in [4.78, 5) is 17.0. The zero-order valence-corrected chi connectivity index (χ0v) is 18.8. The molecular formula is C24H31ClN4O2. The van der Waals surface area contributed by atoms with Gasteiger partial charge >= 0.3 is 0 Å². The highest BCUT2D eigenvalue weighted by Crippen LogP contribution is 2.31. The Hall–Kier alpha value is -2.15. The zero-order valence-electron chi connectivity index (χ0n) is 18.0. The number of pyridine rings is 1. The first-order valence-corrected chi connectivity index (χ1v) is 11.6. The van der Waals surface area contributed by atoms with Crippen molar-refractivity contribution >= 4 is 29.0 Å². The summed E-state index contributed by atoms with van der Waals surface area (Å²) in [6.45, 7) is 6.47. The number of hydrogen-bond donors (Lipinski definition) is 3. The van der Waals surface area contributed by atoms with Crippen molar-refractivity contribution in [1.29, 1.82) is 0 Å². The molecule has 0 spiro atoms. The van der Waals surface area contributed by atoms with E-state index in [1.165, 1.54) is 0 Å². The van der Waals surface area contributed by atoms with Crippen LogP contribution in [0.4, 0.5) is 11.5 Å². The number of halogens is 1. The van der Waals surface area contributed by atoms with Crippen LogP contribution in [-0.4, -0.2) is 43.7 Å². The van der Waals surface area contributed by atoms with Crippen LogP contribution in [0.1, 0.15) is 26.2 Å². The van der Waals surface area contributed by atoms with Crippen molar-refractivity contribution in [3.63, 3.8) is 0 Å². The topological polar surface area (TPSA) is 75.3 Å². The van der Waals surface area contributed by atoms with Gasteiger partial charge < -0.3 is 20.7 Å². The maximum Gasteiger partial charge on any atom is 0.229 e. The molecule has 2 fully saturated rings. The molecule has 1 aromatic carbocycles. The quantitative estimate of drug-likeness (QED) is 0.617. The molecule has 3 N–H and O–H groups in total. The number of nitrogens with zero attached hydrogens (tertiary/aromatic N) is 1. The molecular weight excluding hydrogens is 412 g/mol. The number of aromatic nitrogens is 1. The molecule has 1 aromatic heterocycles. The Labute approximate surface area is 189 Å². The van der Waals surface area contributed by atoms with Crippen LogP contribution in [0.3, 0.4) is 0 Å². The smallest absolute Gasteiger partial charge is 0.229 e. The Balaban J connectivity index is 1.44. The first-order chi connectivity index (χ1) is 15.1. The number of carbonyl (C=O) groups excluding carboxylic acids is 1. The highest BCUT2D eigenvalue weighted by atomic mass is 35.5. The van der Waals surface area contributed by atoms with Crippen LogP contribution in [0.5, 0.6) is 0 Å². The van der Waals surface area contributed by atoms with Crippen molar-refractivity contribution in [2.24, 2.45) is 17.8 Å². The van der Waals surface area contributed by atoms with Crippen LogP contribution >= 0.6 is 11.6 Å². The Bertz CT molecular complexity index is 901. The van der Waals surface area contributed by atoms with Gasteiger partial charge in [-0.1, -0.05) is 30.7 Å². The third-order valence-electron chi connectivity index (χ3n) is 6.16. The van der Waals surface area contributed by atoms with Gasteiger partial charge in [0.2, 0.25) is 5.91 Å². The molecule has 2 saturated heterocycles. The van der Waals surface area contributed by atoms with Crippen molar-refractivity contribution in [3.05, 3.63) is 41.6 Å². The van der Waals surface area contributed by atoms with E-state index in [9.17, 15) is 4.79 Å². The van der Waals surface area contributed by atoms with E-state index in [-0.39, 0.29) is 11.8 Å². The van der Waals surface area contributed by atoms with Gasteiger partial charge in [-0.05, 0) is 61.4 Å². The lowest BCUT2D eigenvalue weighted by atomic mass is 9.91. The Morgan fingerprint density at radius 2 is 2.10 bits per heavy atom. The molecule has 4 rings (SSSR count). The number of anilines is 2. The summed E-state index contributed by atoms with van der Waals surface area (Å²) in [5.74, 6) is 1.63. The van der Waals surface area contributed by atoms with Crippen LogP contribution in [0, 0.1) is 17.8 Å². The van der Waals surface area contributed by atoms with Gasteiger partial charge in [0.25, 0.3) is 0 Å². The van der Waals surface area contributed by atoms with E-state index in [2.05, 4.69) is 40.0 Å². The first kappa shape index (κ1) is 22.1. The fraction of sp³-hybridized carbons (Fsp3) is 0.500. The summed E-state index contributed by atoms with van der Waals surface area (Å²) in [7, 11) is 0. The van der Waals surface area contributed by atoms with E-state index in [1.807, 2.05) is 18.2 Å². The highest BCUT2D eigenvalue weighted by Gasteiger charge is 2.25. The molecule has 3 heterocycles. The number of rotatable bonds is 6. The van der Waals surface area contributed by atoms with Crippen molar-refractivity contribution in [2.45, 2.75) is 26.2 Å². The lowest BCUT2D eigenvalue weighted by Gasteiger charge is -2.26. The molecule has 0 aliphatic carbocycles. The third kappa shape index (κ3) is 5.97. The SMILES string of the molecule is C[C@H]1CNC[C@H](C(=O)Nc2cc(-c3cccc(NCC4CCOCC4)c3)c(Cl)cn2)C1. The largest absolute Gasteiger partial charge is 0.385 e. The average molecular weight is 443 g/mol. The molecule has 1 amide bonds. The van der Waals surface area contributed by atoms with E-state index < -0.39 is 0 Å². The molecule has 2 aromatic rings. The number of benzene rings is 1. The van der Waals surface area contributed by atoms with Crippen LogP contribution in [0.2, 0.25) is 5.02 Å². The number of ether oxygens (including phenoxy) is 1. The molecule has 6 nitrogen and oxygen atoms in total. The van der Waals surface area contributed by atoms with E-state index in [4.69, 9.17) is 16.3 Å². The van der Waals surface area contributed by atoms with Crippen LogP contribution in [0.15, 0.2) is 36.5 Å². The maximum absolute atomic E-state index is 12.7. The molecule has 0 unspecified atom stereocenters. The molecule has 2 aliphatic rings. The van der Waals surface area contributed by atoms with Gasteiger partial charge in [0.1, 0.15) is 5.82 Å². The molecule has 0 radical (unpaired) electrons. The van der Waals surface area contributed by atoms with E-state index in [0.29, 0.717) is 29.2 Å². The summed E-state index contributed by atoms with van der Waals surface area (Å²) in [6, 6.07) is 10.1. The number of piperidine rings is 1. The van der Waals surface area contributed by atoms with Crippen LogP contribution < -0.4 is 16.0 Å². The summed E-state index contributed by atoms with van der Waals surface area (Å²) in [5, 5.41) is 10.4. The van der Waals surface area contributed by atoms with E-state index in [0.717, 1.165) is 62.4 Å². The second-order valence-corrected chi connectivity index (χ2v) is 9.16. The maximum atomic E-state index is 12.7. The summed E-state index contributed by atoms with van der Waals surface area (Å²) in [6.07, 6.45) is 4.69. The fourth-order valence-electron chi connectivity index (χ4n) is 4.32. The molecule has 7 heteroatoms. The van der Waals surface area contributed by atoms with Crippen molar-refractivity contribution in [1.82, 2.24) is 10.3 Å². The highest BCUT2D eigenvalue weighted by molar-refractivity contribution is 6.33. The molecule has 2 aliphatic heterocycles. The van der Waals surface area contributed by atoms with E-state index in [1.54, 1.807) is 6.20 Å². The van der Waals surface area contributed by atoms with E-state index >= 15 is 0 Å². The molecule has 0 bridgehead atoms. The van der Waals surface area contributed by atoms with Gasteiger partial charge in [0, 0.05) is 43.8 Å². The molecule has 0 saturated carbocycles. The molecule has 31 heavy (non-hydrogen) atoms.